The van der Waals surface area contributed by atoms with E-state index in [1.54, 1.807) is 6.07 Å². The highest BCUT2D eigenvalue weighted by molar-refractivity contribution is 5.78. The third-order valence-electron chi connectivity index (χ3n) is 6.05. The van der Waals surface area contributed by atoms with Gasteiger partial charge in [-0.1, -0.05) is 24.3 Å². The van der Waals surface area contributed by atoms with Crippen LogP contribution in [0, 0.1) is 10.1 Å². The van der Waals surface area contributed by atoms with Gasteiger partial charge < -0.3 is 14.3 Å². The first-order valence-corrected chi connectivity index (χ1v) is 10.5. The molecule has 3 aromatic rings. The quantitative estimate of drug-likeness (QED) is 0.307. The molecule has 1 aliphatic heterocycles. The minimum atomic E-state index is -0.461. The highest BCUT2D eigenvalue weighted by Crippen LogP contribution is 2.47. The number of rotatable bonds is 7. The van der Waals surface area contributed by atoms with Gasteiger partial charge in [-0.2, -0.15) is 0 Å². The number of hydrogen-bond acceptors (Lipinski definition) is 7. The number of para-hydroxylation sites is 1. The van der Waals surface area contributed by atoms with Crippen LogP contribution in [0.4, 0.5) is 5.69 Å². The zero-order chi connectivity index (χ0) is 22.7. The van der Waals surface area contributed by atoms with Crippen LogP contribution in [0.2, 0.25) is 0 Å². The van der Waals surface area contributed by atoms with E-state index in [9.17, 15) is 14.9 Å². The molecule has 2 heterocycles. The molecule has 2 atom stereocenters. The summed E-state index contributed by atoms with van der Waals surface area (Å²) < 4.78 is 11.1. The first kappa shape index (κ1) is 21.7. The number of hydrogen-bond donors (Lipinski definition) is 0. The van der Waals surface area contributed by atoms with Crippen molar-refractivity contribution in [2.24, 2.45) is 0 Å². The number of nitrogens with zero attached hydrogens (tertiary/aromatic N) is 3. The van der Waals surface area contributed by atoms with Gasteiger partial charge in [-0.15, -0.1) is 0 Å². The van der Waals surface area contributed by atoms with E-state index in [1.807, 2.05) is 36.4 Å². The molecule has 1 saturated heterocycles. The molecule has 0 radical (unpaired) electrons. The minimum Gasteiger partial charge on any atom is -0.496 e. The Kier molecular flexibility index (Phi) is 6.32. The monoisotopic (exact) mass is 435 g/mol. The molecule has 2 aromatic carbocycles. The topological polar surface area (TPSA) is 94.8 Å². The number of aromatic nitrogens is 1. The van der Waals surface area contributed by atoms with Crippen LogP contribution in [0.3, 0.4) is 0 Å². The van der Waals surface area contributed by atoms with E-state index >= 15 is 0 Å². The number of carbonyl (C=O) groups is 1. The third-order valence-corrected chi connectivity index (χ3v) is 6.05. The second kappa shape index (κ2) is 9.32. The van der Waals surface area contributed by atoms with Gasteiger partial charge >= 0.3 is 5.69 Å². The van der Waals surface area contributed by atoms with Gasteiger partial charge in [0.1, 0.15) is 12.0 Å². The zero-order valence-electron chi connectivity index (χ0n) is 18.1. The molecule has 8 nitrogen and oxygen atoms in total. The summed E-state index contributed by atoms with van der Waals surface area (Å²) in [5, 5.41) is 12.7. The lowest BCUT2D eigenvalue weighted by atomic mass is 9.89. The maximum atomic E-state index is 12.0. The van der Waals surface area contributed by atoms with Gasteiger partial charge in [0.2, 0.25) is 5.75 Å². The normalized spacial score (nSPS) is 18.9. The van der Waals surface area contributed by atoms with Crippen LogP contribution in [-0.4, -0.2) is 41.4 Å². The van der Waals surface area contributed by atoms with Crippen molar-refractivity contribution in [3.63, 3.8) is 0 Å². The van der Waals surface area contributed by atoms with Gasteiger partial charge in [0, 0.05) is 24.0 Å². The van der Waals surface area contributed by atoms with E-state index in [0.717, 1.165) is 29.3 Å². The number of carbonyl (C=O) groups excluding carboxylic acids is 1. The van der Waals surface area contributed by atoms with Gasteiger partial charge in [-0.3, -0.25) is 20.0 Å². The summed E-state index contributed by atoms with van der Waals surface area (Å²) >= 11 is 0. The van der Waals surface area contributed by atoms with E-state index in [4.69, 9.17) is 14.5 Å². The van der Waals surface area contributed by atoms with Crippen LogP contribution in [0.25, 0.3) is 10.9 Å². The first-order valence-electron chi connectivity index (χ1n) is 10.5. The van der Waals surface area contributed by atoms with Crippen molar-refractivity contribution in [1.82, 2.24) is 9.88 Å². The second-order valence-corrected chi connectivity index (χ2v) is 7.81. The molecule has 1 aliphatic rings. The Bertz CT molecular complexity index is 1150. The molecule has 0 saturated carbocycles. The van der Waals surface area contributed by atoms with E-state index in [2.05, 4.69) is 4.90 Å². The number of likely N-dealkylation sites (tertiary alicyclic amines) is 1. The summed E-state index contributed by atoms with van der Waals surface area (Å²) in [5.74, 6) is 0.669. The summed E-state index contributed by atoms with van der Waals surface area (Å²) in [4.78, 5) is 30.0. The van der Waals surface area contributed by atoms with E-state index in [0.29, 0.717) is 30.7 Å². The fourth-order valence-corrected chi connectivity index (χ4v) is 4.57. The number of benzene rings is 2. The van der Waals surface area contributed by atoms with Crippen LogP contribution >= 0.6 is 0 Å². The van der Waals surface area contributed by atoms with Crippen molar-refractivity contribution in [3.8, 4) is 11.5 Å². The number of aldehydes is 1. The third kappa shape index (κ3) is 4.01. The lowest BCUT2D eigenvalue weighted by Crippen LogP contribution is -2.42. The van der Waals surface area contributed by atoms with Crippen LogP contribution in [0.1, 0.15) is 36.6 Å². The van der Waals surface area contributed by atoms with Gasteiger partial charge in [-0.25, -0.2) is 0 Å². The predicted octanol–water partition coefficient (Wildman–Crippen LogP) is 4.45. The number of methoxy groups -OCH3 is 2. The molecule has 1 fully saturated rings. The number of nitro groups is 1. The summed E-state index contributed by atoms with van der Waals surface area (Å²) in [6.45, 7) is 0.425. The number of fused-ring (bicyclic) bond motifs is 1. The minimum absolute atomic E-state index is 0.125. The molecule has 0 spiro atoms. The summed E-state index contributed by atoms with van der Waals surface area (Å²) in [7, 11) is 2.94. The summed E-state index contributed by atoms with van der Waals surface area (Å²) in [6.07, 6.45) is 3.19. The first-order chi connectivity index (χ1) is 15.6. The molecule has 0 N–H and O–H groups in total. The Hall–Kier alpha value is -3.52. The molecule has 0 amide bonds. The van der Waals surface area contributed by atoms with Gasteiger partial charge in [0.25, 0.3) is 0 Å². The van der Waals surface area contributed by atoms with E-state index < -0.39 is 4.92 Å². The SMILES string of the molecule is COc1ccc([N+](=O)[O-])c(OC)c1C1CCCC(C=O)N1Cc1ccc2ccccc2n1. The lowest BCUT2D eigenvalue weighted by molar-refractivity contribution is -0.385. The highest BCUT2D eigenvalue weighted by Gasteiger charge is 2.37. The molecular weight excluding hydrogens is 410 g/mol. The largest absolute Gasteiger partial charge is 0.496 e. The molecule has 2 unspecified atom stereocenters. The lowest BCUT2D eigenvalue weighted by Gasteiger charge is -2.40. The Morgan fingerprint density at radius 3 is 2.66 bits per heavy atom. The fourth-order valence-electron chi connectivity index (χ4n) is 4.57. The molecule has 0 aliphatic carbocycles. The Balaban J connectivity index is 1.80. The van der Waals surface area contributed by atoms with Gasteiger partial charge in [0.15, 0.2) is 0 Å². The highest BCUT2D eigenvalue weighted by atomic mass is 16.6. The fraction of sp³-hybridized carbons (Fsp3) is 0.333. The summed E-state index contributed by atoms with van der Waals surface area (Å²) in [5.41, 5.74) is 2.18. The molecular formula is C24H25N3O5. The van der Waals surface area contributed by atoms with Crippen LogP contribution in [0.15, 0.2) is 48.5 Å². The van der Waals surface area contributed by atoms with E-state index in [-0.39, 0.29) is 23.5 Å². The molecule has 32 heavy (non-hydrogen) atoms. The van der Waals surface area contributed by atoms with Crippen molar-refractivity contribution >= 4 is 22.9 Å². The van der Waals surface area contributed by atoms with Crippen LogP contribution in [-0.2, 0) is 11.3 Å². The molecule has 1 aromatic heterocycles. The molecule has 4 rings (SSSR count). The maximum absolute atomic E-state index is 12.0. The number of pyridine rings is 1. The second-order valence-electron chi connectivity index (χ2n) is 7.81. The van der Waals surface area contributed by atoms with Crippen molar-refractivity contribution in [2.75, 3.05) is 14.2 Å². The molecule has 0 bridgehead atoms. The maximum Gasteiger partial charge on any atom is 0.311 e. The Morgan fingerprint density at radius 2 is 1.94 bits per heavy atom. The Morgan fingerprint density at radius 1 is 1.12 bits per heavy atom. The van der Waals surface area contributed by atoms with E-state index in [1.165, 1.54) is 20.3 Å². The predicted molar refractivity (Wildman–Crippen MR) is 120 cm³/mol. The standard InChI is InChI=1S/C24H25N3O5/c1-31-22-13-12-21(27(29)30)24(32-2)23(22)20-9-5-7-18(15-28)26(20)14-17-11-10-16-6-3-4-8-19(16)25-17/h3-4,6,8,10-13,15,18,20H,5,7,9,14H2,1-2H3. The average Bonchev–Trinajstić information content (AvgIpc) is 2.83. The van der Waals surface area contributed by atoms with Crippen molar-refractivity contribution in [3.05, 3.63) is 69.9 Å². The van der Waals surface area contributed by atoms with Crippen molar-refractivity contribution < 1.29 is 19.2 Å². The zero-order valence-corrected chi connectivity index (χ0v) is 18.1. The Labute approximate surface area is 185 Å². The number of piperidine rings is 1. The summed E-state index contributed by atoms with van der Waals surface area (Å²) in [6, 6.07) is 14.2. The smallest absolute Gasteiger partial charge is 0.311 e. The van der Waals surface area contributed by atoms with Gasteiger partial charge in [-0.05, 0) is 37.5 Å². The van der Waals surface area contributed by atoms with Crippen molar-refractivity contribution in [1.29, 1.82) is 0 Å². The number of nitro benzene ring substituents is 1. The molecule has 166 valence electrons. The van der Waals surface area contributed by atoms with Gasteiger partial charge in [0.05, 0.1) is 42.0 Å². The molecule has 8 heteroatoms. The average molecular weight is 435 g/mol. The van der Waals surface area contributed by atoms with Crippen LogP contribution < -0.4 is 9.47 Å². The van der Waals surface area contributed by atoms with Crippen molar-refractivity contribution in [2.45, 2.75) is 37.9 Å². The van der Waals surface area contributed by atoms with Crippen LogP contribution in [0.5, 0.6) is 11.5 Å². The number of ether oxygens (including phenoxy) is 2.